The lowest BCUT2D eigenvalue weighted by Gasteiger charge is -2.34. The first-order valence-corrected chi connectivity index (χ1v) is 8.13. The Morgan fingerprint density at radius 3 is 2.70 bits per heavy atom. The van der Waals surface area contributed by atoms with Crippen molar-refractivity contribution in [1.82, 2.24) is 10.2 Å². The summed E-state index contributed by atoms with van der Waals surface area (Å²) in [5.74, 6) is 0.817. The summed E-state index contributed by atoms with van der Waals surface area (Å²) in [5.41, 5.74) is 4.25. The number of rotatable bonds is 5. The second-order valence-electron chi connectivity index (χ2n) is 6.32. The van der Waals surface area contributed by atoms with Gasteiger partial charge in [0.25, 0.3) is 0 Å². The van der Waals surface area contributed by atoms with Crippen LogP contribution in [-0.4, -0.2) is 31.1 Å². The summed E-state index contributed by atoms with van der Waals surface area (Å²) < 4.78 is 0. The first-order valence-electron chi connectivity index (χ1n) is 8.13. The molecule has 1 saturated heterocycles. The molecule has 0 spiro atoms. The molecule has 0 amide bonds. The summed E-state index contributed by atoms with van der Waals surface area (Å²) >= 11 is 0. The number of aryl methyl sites for hydroxylation is 2. The molecule has 0 radical (unpaired) electrons. The van der Waals surface area contributed by atoms with Crippen molar-refractivity contribution in [2.24, 2.45) is 5.92 Å². The number of nitrogens with one attached hydrogen (secondary N) is 1. The minimum Gasteiger partial charge on any atom is -0.316 e. The predicted molar refractivity (Wildman–Crippen MR) is 87.2 cm³/mol. The molecule has 0 aliphatic carbocycles. The molecular formula is C18H30N2. The van der Waals surface area contributed by atoms with Gasteiger partial charge in [0.15, 0.2) is 0 Å². The van der Waals surface area contributed by atoms with Gasteiger partial charge >= 0.3 is 0 Å². The van der Waals surface area contributed by atoms with Crippen LogP contribution in [0.25, 0.3) is 0 Å². The van der Waals surface area contributed by atoms with Crippen LogP contribution < -0.4 is 5.32 Å². The highest BCUT2D eigenvalue weighted by molar-refractivity contribution is 5.31. The van der Waals surface area contributed by atoms with Crippen LogP contribution in [0.4, 0.5) is 0 Å². The summed E-state index contributed by atoms with van der Waals surface area (Å²) in [4.78, 5) is 2.63. The normalized spacial score (nSPS) is 21.1. The molecule has 2 nitrogen and oxygen atoms in total. The Kier molecular flexibility index (Phi) is 5.62. The largest absolute Gasteiger partial charge is 0.316 e. The average Bonchev–Trinajstić information content (AvgIpc) is 2.48. The van der Waals surface area contributed by atoms with E-state index in [0.717, 1.165) is 12.5 Å². The summed E-state index contributed by atoms with van der Waals surface area (Å²) in [6, 6.07) is 7.44. The Balaban J connectivity index is 2.03. The molecule has 112 valence electrons. The molecule has 0 bridgehead atoms. The minimum atomic E-state index is 0.515. The standard InChI is InChI=1S/C18H30N2/c1-5-20(13-17-7-6-10-19-12-17)16(4)18-9-8-14(2)15(3)11-18/h8-9,11,16-17,19H,5-7,10,12-13H2,1-4H3. The van der Waals surface area contributed by atoms with E-state index in [1.807, 2.05) is 0 Å². The Labute approximate surface area is 124 Å². The Morgan fingerprint density at radius 2 is 2.10 bits per heavy atom. The van der Waals surface area contributed by atoms with Gasteiger partial charge in [-0.25, -0.2) is 0 Å². The summed E-state index contributed by atoms with van der Waals surface area (Å²) in [5, 5.41) is 3.53. The molecule has 2 rings (SSSR count). The first-order chi connectivity index (χ1) is 9.61. The smallest absolute Gasteiger partial charge is 0.0319 e. The zero-order chi connectivity index (χ0) is 14.5. The van der Waals surface area contributed by atoms with Gasteiger partial charge in [-0.1, -0.05) is 25.1 Å². The zero-order valence-corrected chi connectivity index (χ0v) is 13.6. The van der Waals surface area contributed by atoms with Crippen LogP contribution >= 0.6 is 0 Å². The highest BCUT2D eigenvalue weighted by Crippen LogP contribution is 2.24. The molecule has 0 saturated carbocycles. The topological polar surface area (TPSA) is 15.3 Å². The van der Waals surface area contributed by atoms with Crippen molar-refractivity contribution in [3.63, 3.8) is 0 Å². The van der Waals surface area contributed by atoms with Crippen LogP contribution in [-0.2, 0) is 0 Å². The monoisotopic (exact) mass is 274 g/mol. The van der Waals surface area contributed by atoms with Crippen molar-refractivity contribution >= 4 is 0 Å². The second-order valence-corrected chi connectivity index (χ2v) is 6.32. The maximum Gasteiger partial charge on any atom is 0.0319 e. The highest BCUT2D eigenvalue weighted by Gasteiger charge is 2.20. The van der Waals surface area contributed by atoms with Crippen molar-refractivity contribution in [1.29, 1.82) is 0 Å². The fourth-order valence-electron chi connectivity index (χ4n) is 3.21. The second kappa shape index (κ2) is 7.24. The van der Waals surface area contributed by atoms with Crippen molar-refractivity contribution in [3.8, 4) is 0 Å². The van der Waals surface area contributed by atoms with E-state index in [1.54, 1.807) is 0 Å². The molecule has 1 aliphatic heterocycles. The van der Waals surface area contributed by atoms with Crippen LogP contribution in [0.1, 0.15) is 49.4 Å². The van der Waals surface area contributed by atoms with Gasteiger partial charge in [-0.3, -0.25) is 4.90 Å². The fourth-order valence-corrected chi connectivity index (χ4v) is 3.21. The average molecular weight is 274 g/mol. The number of benzene rings is 1. The maximum atomic E-state index is 3.53. The Hall–Kier alpha value is -0.860. The predicted octanol–water partition coefficient (Wildman–Crippen LogP) is 3.69. The summed E-state index contributed by atoms with van der Waals surface area (Å²) in [6.07, 6.45) is 2.71. The van der Waals surface area contributed by atoms with Gasteiger partial charge in [0.1, 0.15) is 0 Å². The van der Waals surface area contributed by atoms with Crippen molar-refractivity contribution in [2.45, 2.75) is 46.6 Å². The molecule has 20 heavy (non-hydrogen) atoms. The number of nitrogens with zero attached hydrogens (tertiary/aromatic N) is 1. The van der Waals surface area contributed by atoms with E-state index in [2.05, 4.69) is 56.1 Å². The van der Waals surface area contributed by atoms with Gasteiger partial charge < -0.3 is 5.32 Å². The third kappa shape index (κ3) is 3.83. The van der Waals surface area contributed by atoms with Crippen LogP contribution in [0.5, 0.6) is 0 Å². The fraction of sp³-hybridized carbons (Fsp3) is 0.667. The van der Waals surface area contributed by atoms with E-state index >= 15 is 0 Å². The van der Waals surface area contributed by atoms with Gasteiger partial charge in [0, 0.05) is 12.6 Å². The number of hydrogen-bond acceptors (Lipinski definition) is 2. The van der Waals surface area contributed by atoms with E-state index in [9.17, 15) is 0 Å². The van der Waals surface area contributed by atoms with Crippen LogP contribution in [0, 0.1) is 19.8 Å². The SMILES string of the molecule is CCN(CC1CCCNC1)C(C)c1ccc(C)c(C)c1. The van der Waals surface area contributed by atoms with Crippen molar-refractivity contribution < 1.29 is 0 Å². The molecule has 2 unspecified atom stereocenters. The molecular weight excluding hydrogens is 244 g/mol. The molecule has 1 heterocycles. The Morgan fingerprint density at radius 1 is 1.30 bits per heavy atom. The Bertz CT molecular complexity index is 421. The van der Waals surface area contributed by atoms with E-state index in [4.69, 9.17) is 0 Å². The summed E-state index contributed by atoms with van der Waals surface area (Å²) in [7, 11) is 0. The first kappa shape index (κ1) is 15.5. The van der Waals surface area contributed by atoms with Gasteiger partial charge in [-0.15, -0.1) is 0 Å². The van der Waals surface area contributed by atoms with Gasteiger partial charge in [-0.2, -0.15) is 0 Å². The van der Waals surface area contributed by atoms with Gasteiger partial charge in [-0.05, 0) is 75.9 Å². The zero-order valence-electron chi connectivity index (χ0n) is 13.6. The van der Waals surface area contributed by atoms with Crippen LogP contribution in [0.2, 0.25) is 0 Å². The lowest BCUT2D eigenvalue weighted by molar-refractivity contribution is 0.171. The molecule has 1 aromatic carbocycles. The van der Waals surface area contributed by atoms with E-state index in [0.29, 0.717) is 6.04 Å². The van der Waals surface area contributed by atoms with Crippen molar-refractivity contribution in [2.75, 3.05) is 26.2 Å². The maximum absolute atomic E-state index is 3.53. The van der Waals surface area contributed by atoms with Crippen LogP contribution in [0.3, 0.4) is 0 Å². The lowest BCUT2D eigenvalue weighted by atomic mass is 9.96. The third-order valence-corrected chi connectivity index (χ3v) is 4.86. The molecule has 1 aromatic rings. The molecule has 1 N–H and O–H groups in total. The molecule has 1 aliphatic rings. The van der Waals surface area contributed by atoms with E-state index < -0.39 is 0 Å². The highest BCUT2D eigenvalue weighted by atomic mass is 15.1. The molecule has 2 heteroatoms. The lowest BCUT2D eigenvalue weighted by Crippen LogP contribution is -2.39. The number of hydrogen-bond donors (Lipinski definition) is 1. The molecule has 0 aromatic heterocycles. The van der Waals surface area contributed by atoms with Crippen LogP contribution in [0.15, 0.2) is 18.2 Å². The van der Waals surface area contributed by atoms with E-state index in [-0.39, 0.29) is 0 Å². The minimum absolute atomic E-state index is 0.515. The third-order valence-electron chi connectivity index (χ3n) is 4.86. The number of piperidine rings is 1. The summed E-state index contributed by atoms with van der Waals surface area (Å²) in [6.45, 7) is 13.8. The van der Waals surface area contributed by atoms with Crippen molar-refractivity contribution in [3.05, 3.63) is 34.9 Å². The van der Waals surface area contributed by atoms with E-state index in [1.165, 1.54) is 49.2 Å². The molecule has 2 atom stereocenters. The van der Waals surface area contributed by atoms with Gasteiger partial charge in [0.2, 0.25) is 0 Å². The quantitative estimate of drug-likeness (QED) is 0.881. The van der Waals surface area contributed by atoms with Gasteiger partial charge in [0.05, 0.1) is 0 Å². The molecule has 1 fully saturated rings.